The van der Waals surface area contributed by atoms with Gasteiger partial charge in [-0.3, -0.25) is 14.4 Å². The lowest BCUT2D eigenvalue weighted by atomic mass is 9.95. The Morgan fingerprint density at radius 1 is 1.03 bits per heavy atom. The molecule has 0 aliphatic carbocycles. The SMILES string of the molecule is CC(C)C(=O)C(CCN)NC(=O)CNC(=O)C(CCN)c1ccccc1.CCO. The van der Waals surface area contributed by atoms with Gasteiger partial charge in [0.25, 0.3) is 0 Å². The first kappa shape index (κ1) is 26.7. The highest BCUT2D eigenvalue weighted by Crippen LogP contribution is 2.18. The first-order chi connectivity index (χ1) is 13.8. The summed E-state index contributed by atoms with van der Waals surface area (Å²) < 4.78 is 0. The van der Waals surface area contributed by atoms with E-state index in [1.807, 2.05) is 30.3 Å². The highest BCUT2D eigenvalue weighted by atomic mass is 16.2. The molecule has 0 saturated heterocycles. The molecule has 0 bridgehead atoms. The molecule has 164 valence electrons. The van der Waals surface area contributed by atoms with E-state index in [9.17, 15) is 14.4 Å². The second-order valence-corrected chi connectivity index (χ2v) is 6.83. The minimum atomic E-state index is -0.627. The fraction of sp³-hybridized carbons (Fsp3) is 0.571. The van der Waals surface area contributed by atoms with E-state index in [1.54, 1.807) is 20.8 Å². The molecule has 0 aromatic heterocycles. The summed E-state index contributed by atoms with van der Waals surface area (Å²) in [6.45, 7) is 5.94. The van der Waals surface area contributed by atoms with Crippen molar-refractivity contribution in [3.63, 3.8) is 0 Å². The molecule has 0 heterocycles. The minimum absolute atomic E-state index is 0.0691. The van der Waals surface area contributed by atoms with Gasteiger partial charge in [0.1, 0.15) is 0 Å². The first-order valence-electron chi connectivity index (χ1n) is 9.98. The summed E-state index contributed by atoms with van der Waals surface area (Å²) in [5, 5.41) is 12.9. The number of amides is 2. The normalized spacial score (nSPS) is 12.4. The van der Waals surface area contributed by atoms with E-state index in [-0.39, 0.29) is 30.8 Å². The van der Waals surface area contributed by atoms with Crippen LogP contribution in [0.1, 0.15) is 45.1 Å². The Kier molecular flexibility index (Phi) is 14.4. The maximum absolute atomic E-state index is 12.5. The quantitative estimate of drug-likeness (QED) is 0.355. The Bertz CT molecular complexity index is 608. The average molecular weight is 409 g/mol. The monoisotopic (exact) mass is 408 g/mol. The molecule has 2 amide bonds. The van der Waals surface area contributed by atoms with Crippen molar-refractivity contribution < 1.29 is 19.5 Å². The lowest BCUT2D eigenvalue weighted by molar-refractivity contribution is -0.130. The van der Waals surface area contributed by atoms with Crippen LogP contribution in [-0.2, 0) is 14.4 Å². The molecule has 0 aliphatic heterocycles. The van der Waals surface area contributed by atoms with E-state index in [1.165, 1.54) is 0 Å². The fourth-order valence-corrected chi connectivity index (χ4v) is 2.69. The van der Waals surface area contributed by atoms with Gasteiger partial charge in [-0.15, -0.1) is 0 Å². The highest BCUT2D eigenvalue weighted by molar-refractivity contribution is 5.92. The highest BCUT2D eigenvalue weighted by Gasteiger charge is 2.24. The number of ketones is 1. The molecular weight excluding hydrogens is 372 g/mol. The van der Waals surface area contributed by atoms with Gasteiger partial charge in [-0.05, 0) is 38.4 Å². The number of carbonyl (C=O) groups excluding carboxylic acids is 3. The summed E-state index contributed by atoms with van der Waals surface area (Å²) in [4.78, 5) is 36.7. The van der Waals surface area contributed by atoms with Crippen LogP contribution in [0.15, 0.2) is 30.3 Å². The molecule has 8 heteroatoms. The van der Waals surface area contributed by atoms with Crippen molar-refractivity contribution in [3.05, 3.63) is 35.9 Å². The van der Waals surface area contributed by atoms with Gasteiger partial charge in [-0.1, -0.05) is 44.2 Å². The lowest BCUT2D eigenvalue weighted by Crippen LogP contribution is -2.48. The molecule has 2 unspecified atom stereocenters. The molecule has 7 N–H and O–H groups in total. The van der Waals surface area contributed by atoms with Crippen molar-refractivity contribution in [3.8, 4) is 0 Å². The molecule has 29 heavy (non-hydrogen) atoms. The molecule has 1 rings (SSSR count). The fourth-order valence-electron chi connectivity index (χ4n) is 2.69. The van der Waals surface area contributed by atoms with Crippen LogP contribution >= 0.6 is 0 Å². The Labute approximate surface area is 173 Å². The maximum atomic E-state index is 12.5. The van der Waals surface area contributed by atoms with E-state index < -0.39 is 17.9 Å². The van der Waals surface area contributed by atoms with Crippen LogP contribution < -0.4 is 22.1 Å². The molecule has 0 radical (unpaired) electrons. The van der Waals surface area contributed by atoms with Crippen LogP contribution in [0.5, 0.6) is 0 Å². The average Bonchev–Trinajstić information content (AvgIpc) is 2.70. The van der Waals surface area contributed by atoms with Gasteiger partial charge in [-0.2, -0.15) is 0 Å². The predicted molar refractivity (Wildman–Crippen MR) is 114 cm³/mol. The van der Waals surface area contributed by atoms with Crippen LogP contribution in [-0.4, -0.2) is 55.0 Å². The van der Waals surface area contributed by atoms with Crippen LogP contribution in [0.25, 0.3) is 0 Å². The third kappa shape index (κ3) is 10.7. The minimum Gasteiger partial charge on any atom is -0.397 e. The van der Waals surface area contributed by atoms with E-state index in [2.05, 4.69) is 10.6 Å². The summed E-state index contributed by atoms with van der Waals surface area (Å²) in [5.41, 5.74) is 12.0. The number of nitrogens with one attached hydrogen (secondary N) is 2. The predicted octanol–water partition coefficient (Wildman–Crippen LogP) is 0.293. The number of aliphatic hydroxyl groups excluding tert-OH is 1. The molecular formula is C21H36N4O4. The van der Waals surface area contributed by atoms with Crippen LogP contribution in [0.3, 0.4) is 0 Å². The topological polar surface area (TPSA) is 148 Å². The van der Waals surface area contributed by atoms with Crippen molar-refractivity contribution in [2.75, 3.05) is 26.2 Å². The third-order valence-electron chi connectivity index (χ3n) is 4.10. The van der Waals surface area contributed by atoms with Gasteiger partial charge in [0, 0.05) is 12.5 Å². The summed E-state index contributed by atoms with van der Waals surface area (Å²) in [6, 6.07) is 8.68. The Morgan fingerprint density at radius 2 is 1.59 bits per heavy atom. The molecule has 1 aromatic carbocycles. The molecule has 0 spiro atoms. The van der Waals surface area contributed by atoms with Gasteiger partial charge in [0.2, 0.25) is 11.8 Å². The van der Waals surface area contributed by atoms with Crippen LogP contribution in [0.2, 0.25) is 0 Å². The van der Waals surface area contributed by atoms with E-state index in [0.29, 0.717) is 25.9 Å². The molecule has 0 saturated carbocycles. The van der Waals surface area contributed by atoms with Gasteiger partial charge in [-0.25, -0.2) is 0 Å². The van der Waals surface area contributed by atoms with Crippen molar-refractivity contribution in [2.45, 2.75) is 45.6 Å². The summed E-state index contributed by atoms with van der Waals surface area (Å²) >= 11 is 0. The summed E-state index contributed by atoms with van der Waals surface area (Å²) in [7, 11) is 0. The number of rotatable bonds is 11. The zero-order valence-corrected chi connectivity index (χ0v) is 17.7. The van der Waals surface area contributed by atoms with Gasteiger partial charge in [0.15, 0.2) is 5.78 Å². The molecule has 8 nitrogen and oxygen atoms in total. The second kappa shape index (κ2) is 15.6. The van der Waals surface area contributed by atoms with Crippen molar-refractivity contribution in [1.82, 2.24) is 10.6 Å². The number of carbonyl (C=O) groups is 3. The Morgan fingerprint density at radius 3 is 2.07 bits per heavy atom. The van der Waals surface area contributed by atoms with E-state index in [4.69, 9.17) is 16.6 Å². The lowest BCUT2D eigenvalue weighted by Gasteiger charge is -2.20. The zero-order valence-electron chi connectivity index (χ0n) is 17.7. The largest absolute Gasteiger partial charge is 0.397 e. The smallest absolute Gasteiger partial charge is 0.239 e. The molecule has 0 fully saturated rings. The maximum Gasteiger partial charge on any atom is 0.239 e. The molecule has 0 aliphatic rings. The molecule has 2 atom stereocenters. The Hall–Kier alpha value is -2.29. The number of Topliss-reactive ketones (excluding diaryl/α,β-unsaturated/α-hetero) is 1. The summed E-state index contributed by atoms with van der Waals surface area (Å²) in [6.07, 6.45) is 0.857. The van der Waals surface area contributed by atoms with Gasteiger partial charge >= 0.3 is 0 Å². The van der Waals surface area contributed by atoms with Crippen molar-refractivity contribution in [1.29, 1.82) is 0 Å². The van der Waals surface area contributed by atoms with E-state index in [0.717, 1.165) is 5.56 Å². The third-order valence-corrected chi connectivity index (χ3v) is 4.10. The van der Waals surface area contributed by atoms with Gasteiger partial charge in [0.05, 0.1) is 18.5 Å². The van der Waals surface area contributed by atoms with Crippen LogP contribution in [0, 0.1) is 5.92 Å². The summed E-state index contributed by atoms with van der Waals surface area (Å²) in [5.74, 6) is -1.35. The number of nitrogens with two attached hydrogens (primary N) is 2. The number of hydrogen-bond acceptors (Lipinski definition) is 6. The molecule has 1 aromatic rings. The number of benzene rings is 1. The van der Waals surface area contributed by atoms with Crippen molar-refractivity contribution in [2.24, 2.45) is 17.4 Å². The Balaban J connectivity index is 0.00000245. The first-order valence-corrected chi connectivity index (χ1v) is 9.98. The van der Waals surface area contributed by atoms with Crippen molar-refractivity contribution >= 4 is 17.6 Å². The second-order valence-electron chi connectivity index (χ2n) is 6.83. The standard InChI is InChI=1S/C19H30N4O3.C2H6O/c1-13(2)18(25)16(9-11-21)23-17(24)12-22-19(26)15(8-10-20)14-6-4-3-5-7-14;1-2-3/h3-7,13,15-16H,8-12,20-21H2,1-2H3,(H,22,26)(H,23,24);3H,2H2,1H3. The number of aliphatic hydroxyl groups is 1. The van der Waals surface area contributed by atoms with Crippen LogP contribution in [0.4, 0.5) is 0 Å². The number of hydrogen-bond donors (Lipinski definition) is 5. The van der Waals surface area contributed by atoms with Gasteiger partial charge < -0.3 is 27.2 Å². The van der Waals surface area contributed by atoms with E-state index >= 15 is 0 Å². The zero-order chi connectivity index (χ0) is 22.2.